The largest absolute Gasteiger partial charge is 0.376 e. The summed E-state index contributed by atoms with van der Waals surface area (Å²) in [6, 6.07) is 2.59. The van der Waals surface area contributed by atoms with Crippen LogP contribution in [0.4, 0.5) is 0 Å². The molecular formula is C24H46O3Si2. The van der Waals surface area contributed by atoms with E-state index in [-0.39, 0.29) is 10.4 Å². The van der Waals surface area contributed by atoms with Crippen LogP contribution in [0.25, 0.3) is 0 Å². The first-order valence-corrected chi connectivity index (χ1v) is 18.4. The minimum absolute atomic E-state index is 0.00333. The Kier molecular flexibility index (Phi) is 7.02. The van der Waals surface area contributed by atoms with E-state index in [0.717, 1.165) is 19.1 Å². The van der Waals surface area contributed by atoms with Gasteiger partial charge in [-0.3, -0.25) is 0 Å². The second-order valence-corrected chi connectivity index (χ2v) is 19.1. The van der Waals surface area contributed by atoms with Crippen molar-refractivity contribution in [2.75, 3.05) is 13.2 Å². The zero-order chi connectivity index (χ0) is 20.5. The van der Waals surface area contributed by atoms with Crippen LogP contribution < -0.4 is 0 Å². The van der Waals surface area contributed by atoms with E-state index in [9.17, 15) is 0 Å². The standard InChI is InChI=1S/C24H46O3Si2/c1-5-29(6-2,22-21(27-22)20-14-8-7-9-15-20)24(17-11-13-19-26-24)23(28(3)4)16-10-12-18-25-23/h20-22,28H,5-19H2,1-4H3. The zero-order valence-corrected chi connectivity index (χ0v) is 21.8. The first-order chi connectivity index (χ1) is 14.1. The number of ether oxygens (including phenoxy) is 3. The first kappa shape index (κ1) is 22.5. The molecule has 0 N–H and O–H groups in total. The summed E-state index contributed by atoms with van der Waals surface area (Å²) in [4.78, 5) is 0. The maximum Gasteiger partial charge on any atom is 0.130 e. The lowest BCUT2D eigenvalue weighted by Crippen LogP contribution is -2.79. The average Bonchev–Trinajstić information content (AvgIpc) is 3.58. The number of hydrogen-bond acceptors (Lipinski definition) is 3. The van der Waals surface area contributed by atoms with Crippen LogP contribution in [0.2, 0.25) is 25.2 Å². The van der Waals surface area contributed by atoms with Gasteiger partial charge in [-0.05, 0) is 57.3 Å². The van der Waals surface area contributed by atoms with Crippen molar-refractivity contribution < 1.29 is 14.2 Å². The number of epoxide rings is 1. The summed E-state index contributed by atoms with van der Waals surface area (Å²) in [5.41, 5.74) is 0.522. The van der Waals surface area contributed by atoms with E-state index >= 15 is 0 Å². The Labute approximate surface area is 182 Å². The summed E-state index contributed by atoms with van der Waals surface area (Å²) in [7, 11) is -2.95. The Balaban J connectivity index is 1.73. The van der Waals surface area contributed by atoms with E-state index in [4.69, 9.17) is 14.2 Å². The third-order valence-corrected chi connectivity index (χ3v) is 19.0. The summed E-state index contributed by atoms with van der Waals surface area (Å²) >= 11 is 0. The maximum atomic E-state index is 7.15. The second-order valence-electron chi connectivity index (χ2n) is 10.8. The molecule has 0 bridgehead atoms. The van der Waals surface area contributed by atoms with Gasteiger partial charge in [0.1, 0.15) is 8.07 Å². The van der Waals surface area contributed by atoms with Crippen molar-refractivity contribution in [1.82, 2.24) is 0 Å². The third-order valence-electron chi connectivity index (χ3n) is 9.44. The molecule has 0 radical (unpaired) electrons. The van der Waals surface area contributed by atoms with Crippen molar-refractivity contribution in [3.05, 3.63) is 0 Å². The normalized spacial score (nSPS) is 39.6. The molecule has 3 heterocycles. The summed E-state index contributed by atoms with van der Waals surface area (Å²) in [5, 5.41) is 0.0314. The van der Waals surface area contributed by atoms with Crippen molar-refractivity contribution >= 4 is 16.9 Å². The highest BCUT2D eigenvalue weighted by Gasteiger charge is 2.73. The SMILES string of the molecule is CC[Si](CC)(C1OC1C1CCCCC1)C1(C2([SiH](C)C)CCCCO2)CCCCO1. The predicted molar refractivity (Wildman–Crippen MR) is 126 cm³/mol. The molecule has 29 heavy (non-hydrogen) atoms. The van der Waals surface area contributed by atoms with Crippen LogP contribution in [-0.2, 0) is 14.2 Å². The quantitative estimate of drug-likeness (QED) is 0.371. The van der Waals surface area contributed by atoms with Gasteiger partial charge in [0, 0.05) is 13.2 Å². The lowest BCUT2D eigenvalue weighted by molar-refractivity contribution is -0.168. The monoisotopic (exact) mass is 438 g/mol. The van der Waals surface area contributed by atoms with Gasteiger partial charge in [0.25, 0.3) is 0 Å². The highest BCUT2D eigenvalue weighted by molar-refractivity contribution is 6.86. The van der Waals surface area contributed by atoms with Crippen molar-refractivity contribution in [2.45, 2.75) is 132 Å². The zero-order valence-electron chi connectivity index (χ0n) is 19.6. The highest BCUT2D eigenvalue weighted by Crippen LogP contribution is 2.57. The third kappa shape index (κ3) is 3.55. The molecule has 4 unspecified atom stereocenters. The van der Waals surface area contributed by atoms with E-state index in [1.165, 1.54) is 82.7 Å². The molecule has 0 spiro atoms. The second kappa shape index (κ2) is 9.05. The van der Waals surface area contributed by atoms with Crippen LogP contribution >= 0.6 is 0 Å². The molecule has 3 aliphatic heterocycles. The summed E-state index contributed by atoms with van der Waals surface area (Å²) in [5.74, 6) is 0.818. The summed E-state index contributed by atoms with van der Waals surface area (Å²) < 4.78 is 20.8. The minimum Gasteiger partial charge on any atom is -0.376 e. The van der Waals surface area contributed by atoms with Crippen LogP contribution in [-0.4, -0.2) is 52.4 Å². The van der Waals surface area contributed by atoms with Crippen LogP contribution in [0, 0.1) is 5.92 Å². The van der Waals surface area contributed by atoms with Crippen molar-refractivity contribution in [3.63, 3.8) is 0 Å². The van der Waals surface area contributed by atoms with E-state index in [1.54, 1.807) is 0 Å². The molecule has 0 aromatic carbocycles. The maximum absolute atomic E-state index is 7.15. The fourth-order valence-electron chi connectivity index (χ4n) is 7.84. The van der Waals surface area contributed by atoms with Gasteiger partial charge in [-0.1, -0.05) is 58.3 Å². The van der Waals surface area contributed by atoms with Crippen LogP contribution in [0.5, 0.6) is 0 Å². The Hall–Kier alpha value is 0.314. The molecule has 4 atom stereocenters. The highest BCUT2D eigenvalue weighted by atomic mass is 28.3. The van der Waals surface area contributed by atoms with Gasteiger partial charge < -0.3 is 14.2 Å². The fourth-order valence-corrected chi connectivity index (χ4v) is 18.3. The number of hydrogen-bond donors (Lipinski definition) is 0. The summed E-state index contributed by atoms with van der Waals surface area (Å²) in [6.45, 7) is 11.9. The lowest BCUT2D eigenvalue weighted by Gasteiger charge is -2.62. The fraction of sp³-hybridized carbons (Fsp3) is 1.00. The molecule has 4 rings (SSSR count). The molecule has 4 aliphatic rings. The molecule has 168 valence electrons. The average molecular weight is 439 g/mol. The molecule has 3 nitrogen and oxygen atoms in total. The Morgan fingerprint density at radius 3 is 2.00 bits per heavy atom. The van der Waals surface area contributed by atoms with Crippen molar-refractivity contribution in [2.24, 2.45) is 5.92 Å². The van der Waals surface area contributed by atoms with Gasteiger partial charge in [-0.15, -0.1) is 0 Å². The number of rotatable bonds is 7. The Morgan fingerprint density at radius 1 is 0.828 bits per heavy atom. The van der Waals surface area contributed by atoms with E-state index in [1.807, 2.05) is 0 Å². The molecule has 4 fully saturated rings. The molecule has 1 saturated carbocycles. The molecule has 0 aromatic rings. The van der Waals surface area contributed by atoms with Gasteiger partial charge in [0.15, 0.2) is 0 Å². The smallest absolute Gasteiger partial charge is 0.130 e. The Morgan fingerprint density at radius 2 is 1.48 bits per heavy atom. The molecule has 5 heteroatoms. The molecule has 1 aliphatic carbocycles. The van der Waals surface area contributed by atoms with Crippen LogP contribution in [0.1, 0.15) is 84.5 Å². The van der Waals surface area contributed by atoms with Gasteiger partial charge in [-0.2, -0.15) is 0 Å². The molecule has 3 saturated heterocycles. The summed E-state index contributed by atoms with van der Waals surface area (Å²) in [6.07, 6.45) is 15.2. The predicted octanol–water partition coefficient (Wildman–Crippen LogP) is 5.81. The van der Waals surface area contributed by atoms with Crippen LogP contribution in [0.15, 0.2) is 0 Å². The van der Waals surface area contributed by atoms with Gasteiger partial charge in [0.2, 0.25) is 0 Å². The van der Waals surface area contributed by atoms with E-state index in [0.29, 0.717) is 11.8 Å². The van der Waals surface area contributed by atoms with Crippen LogP contribution in [0.3, 0.4) is 0 Å². The Bertz CT molecular complexity index is 530. The first-order valence-electron chi connectivity index (χ1n) is 13.0. The van der Waals surface area contributed by atoms with E-state index < -0.39 is 16.9 Å². The topological polar surface area (TPSA) is 31.0 Å². The van der Waals surface area contributed by atoms with Gasteiger partial charge in [-0.25, -0.2) is 0 Å². The van der Waals surface area contributed by atoms with E-state index in [2.05, 4.69) is 26.9 Å². The molecule has 0 aromatic heterocycles. The minimum atomic E-state index is -1.86. The lowest BCUT2D eigenvalue weighted by atomic mass is 9.87. The van der Waals surface area contributed by atoms with Crippen molar-refractivity contribution in [3.8, 4) is 0 Å². The molecular weight excluding hydrogens is 392 g/mol. The molecule has 0 amide bonds. The van der Waals surface area contributed by atoms with Crippen molar-refractivity contribution in [1.29, 1.82) is 0 Å². The van der Waals surface area contributed by atoms with Gasteiger partial charge >= 0.3 is 0 Å². The van der Waals surface area contributed by atoms with Gasteiger partial charge in [0.05, 0.1) is 31.1 Å².